The number of hydrogen-bond acceptors (Lipinski definition) is 6. The fourth-order valence-corrected chi connectivity index (χ4v) is 1.34. The number of nitrogens with one attached hydrogen (secondary N) is 1. The van der Waals surface area contributed by atoms with E-state index in [1.807, 2.05) is 0 Å². The Hall–Kier alpha value is -2.45. The Balaban J connectivity index is 2.54. The van der Waals surface area contributed by atoms with E-state index in [2.05, 4.69) is 15.0 Å². The lowest BCUT2D eigenvalue weighted by atomic mass is 10.4. The van der Waals surface area contributed by atoms with Crippen molar-refractivity contribution in [3.8, 4) is 0 Å². The number of aryl methyl sites for hydroxylation is 1. The summed E-state index contributed by atoms with van der Waals surface area (Å²) in [6, 6.07) is 0. The van der Waals surface area contributed by atoms with E-state index in [-0.39, 0.29) is 25.4 Å². The standard InChI is InChI=1S/C10H14N4O5/c1-3-19-8(15)4-5-11-10(16)9-12-7(14(17)18)6-13(9)2/h6H,3-5H2,1-2H3,(H,11,16). The normalized spacial score (nSPS) is 10.0. The topological polar surface area (TPSA) is 116 Å². The molecule has 0 fully saturated rings. The second-order valence-electron chi connectivity index (χ2n) is 3.60. The molecule has 9 nitrogen and oxygen atoms in total. The number of nitro groups is 1. The predicted octanol–water partition coefficient (Wildman–Crippen LogP) is 0.0113. The molecule has 1 N–H and O–H groups in total. The molecule has 0 aromatic carbocycles. The Labute approximate surface area is 108 Å². The molecule has 0 bridgehead atoms. The van der Waals surface area contributed by atoms with Crippen LogP contribution < -0.4 is 5.32 Å². The first-order valence-corrected chi connectivity index (χ1v) is 5.57. The van der Waals surface area contributed by atoms with Gasteiger partial charge in [0, 0.05) is 13.6 Å². The second kappa shape index (κ2) is 6.47. The van der Waals surface area contributed by atoms with E-state index in [0.717, 1.165) is 6.20 Å². The highest BCUT2D eigenvalue weighted by Gasteiger charge is 2.22. The summed E-state index contributed by atoms with van der Waals surface area (Å²) in [5, 5.41) is 12.9. The van der Waals surface area contributed by atoms with E-state index in [1.165, 1.54) is 11.6 Å². The first-order chi connectivity index (χ1) is 8.95. The van der Waals surface area contributed by atoms with Crippen LogP contribution in [0.3, 0.4) is 0 Å². The number of ether oxygens (including phenoxy) is 1. The molecular formula is C10H14N4O5. The van der Waals surface area contributed by atoms with Crippen molar-refractivity contribution in [2.45, 2.75) is 13.3 Å². The number of carbonyl (C=O) groups excluding carboxylic acids is 2. The SMILES string of the molecule is CCOC(=O)CCNC(=O)c1nc([N+](=O)[O-])cn1C. The van der Waals surface area contributed by atoms with Crippen LogP contribution in [0.15, 0.2) is 6.20 Å². The van der Waals surface area contributed by atoms with Crippen LogP contribution in [0.25, 0.3) is 0 Å². The predicted molar refractivity (Wildman–Crippen MR) is 63.4 cm³/mol. The summed E-state index contributed by atoms with van der Waals surface area (Å²) in [4.78, 5) is 36.1. The molecule has 1 rings (SSSR count). The monoisotopic (exact) mass is 270 g/mol. The Kier molecular flexibility index (Phi) is 4.98. The van der Waals surface area contributed by atoms with Gasteiger partial charge < -0.3 is 24.7 Å². The van der Waals surface area contributed by atoms with Gasteiger partial charge in [0.25, 0.3) is 0 Å². The Morgan fingerprint density at radius 2 is 2.26 bits per heavy atom. The van der Waals surface area contributed by atoms with Crippen molar-refractivity contribution in [1.82, 2.24) is 14.9 Å². The summed E-state index contributed by atoms with van der Waals surface area (Å²) in [5.41, 5.74) is 0. The van der Waals surface area contributed by atoms with Gasteiger partial charge in [0.2, 0.25) is 0 Å². The molecule has 1 aromatic rings. The molecule has 0 unspecified atom stereocenters. The van der Waals surface area contributed by atoms with Crippen molar-refractivity contribution in [3.05, 3.63) is 22.1 Å². The van der Waals surface area contributed by atoms with Gasteiger partial charge in [-0.05, 0) is 16.8 Å². The van der Waals surface area contributed by atoms with Gasteiger partial charge in [-0.2, -0.15) is 0 Å². The zero-order chi connectivity index (χ0) is 14.4. The molecule has 0 aliphatic carbocycles. The minimum atomic E-state index is -0.685. The Morgan fingerprint density at radius 3 is 2.79 bits per heavy atom. The third-order valence-electron chi connectivity index (χ3n) is 2.17. The molecule has 0 aliphatic heterocycles. The van der Waals surface area contributed by atoms with Crippen LogP contribution in [0.1, 0.15) is 24.0 Å². The highest BCUT2D eigenvalue weighted by Crippen LogP contribution is 2.09. The van der Waals surface area contributed by atoms with Gasteiger partial charge in [0.1, 0.15) is 6.20 Å². The minimum Gasteiger partial charge on any atom is -0.466 e. The highest BCUT2D eigenvalue weighted by molar-refractivity contribution is 5.91. The minimum absolute atomic E-state index is 0.0338. The number of aromatic nitrogens is 2. The zero-order valence-corrected chi connectivity index (χ0v) is 10.6. The first kappa shape index (κ1) is 14.6. The third-order valence-corrected chi connectivity index (χ3v) is 2.17. The second-order valence-corrected chi connectivity index (χ2v) is 3.60. The van der Waals surface area contributed by atoms with Crippen LogP contribution in [-0.2, 0) is 16.6 Å². The number of amides is 1. The number of hydrogen-bond donors (Lipinski definition) is 1. The number of carbonyl (C=O) groups is 2. The Morgan fingerprint density at radius 1 is 1.58 bits per heavy atom. The highest BCUT2D eigenvalue weighted by atomic mass is 16.6. The van der Waals surface area contributed by atoms with Crippen molar-refractivity contribution >= 4 is 17.7 Å². The average Bonchev–Trinajstić information content (AvgIpc) is 2.72. The van der Waals surface area contributed by atoms with E-state index in [0.29, 0.717) is 0 Å². The number of rotatable bonds is 6. The fraction of sp³-hybridized carbons (Fsp3) is 0.500. The number of esters is 1. The summed E-state index contributed by atoms with van der Waals surface area (Å²) >= 11 is 0. The summed E-state index contributed by atoms with van der Waals surface area (Å²) in [6.45, 7) is 2.04. The van der Waals surface area contributed by atoms with E-state index in [4.69, 9.17) is 0 Å². The average molecular weight is 270 g/mol. The van der Waals surface area contributed by atoms with Gasteiger partial charge in [0.05, 0.1) is 13.0 Å². The molecule has 1 heterocycles. The lowest BCUT2D eigenvalue weighted by Gasteiger charge is -2.02. The van der Waals surface area contributed by atoms with E-state index in [1.54, 1.807) is 6.92 Å². The van der Waals surface area contributed by atoms with Gasteiger partial charge in [-0.25, -0.2) is 0 Å². The lowest BCUT2D eigenvalue weighted by molar-refractivity contribution is -0.389. The molecule has 0 aliphatic rings. The van der Waals surface area contributed by atoms with Gasteiger partial charge in [-0.15, -0.1) is 0 Å². The van der Waals surface area contributed by atoms with Crippen LogP contribution in [0.4, 0.5) is 5.82 Å². The number of nitrogens with zero attached hydrogens (tertiary/aromatic N) is 3. The summed E-state index contributed by atoms with van der Waals surface area (Å²) < 4.78 is 5.94. The zero-order valence-electron chi connectivity index (χ0n) is 10.6. The van der Waals surface area contributed by atoms with Crippen molar-refractivity contribution in [2.24, 2.45) is 7.05 Å². The molecule has 1 aromatic heterocycles. The van der Waals surface area contributed by atoms with Gasteiger partial charge in [-0.1, -0.05) is 0 Å². The van der Waals surface area contributed by atoms with Crippen molar-refractivity contribution in [1.29, 1.82) is 0 Å². The molecule has 9 heteroatoms. The van der Waals surface area contributed by atoms with Crippen LogP contribution in [-0.4, -0.2) is 39.5 Å². The number of imidazole rings is 1. The Bertz CT molecular complexity index is 496. The van der Waals surface area contributed by atoms with Gasteiger partial charge in [0.15, 0.2) is 0 Å². The van der Waals surface area contributed by atoms with E-state index < -0.39 is 22.6 Å². The van der Waals surface area contributed by atoms with Crippen LogP contribution in [0.2, 0.25) is 0 Å². The maximum Gasteiger partial charge on any atom is 0.382 e. The molecular weight excluding hydrogens is 256 g/mol. The maximum atomic E-state index is 11.7. The summed E-state index contributed by atoms with van der Waals surface area (Å²) in [6.07, 6.45) is 1.17. The fourth-order valence-electron chi connectivity index (χ4n) is 1.34. The molecule has 1 amide bonds. The molecule has 104 valence electrons. The quantitative estimate of drug-likeness (QED) is 0.442. The van der Waals surface area contributed by atoms with Crippen molar-refractivity contribution in [3.63, 3.8) is 0 Å². The van der Waals surface area contributed by atoms with E-state index >= 15 is 0 Å². The smallest absolute Gasteiger partial charge is 0.382 e. The molecule has 0 atom stereocenters. The summed E-state index contributed by atoms with van der Waals surface area (Å²) in [5.74, 6) is -1.50. The van der Waals surface area contributed by atoms with Crippen molar-refractivity contribution < 1.29 is 19.2 Å². The molecule has 0 saturated heterocycles. The third kappa shape index (κ3) is 4.05. The van der Waals surface area contributed by atoms with E-state index in [9.17, 15) is 19.7 Å². The van der Waals surface area contributed by atoms with Gasteiger partial charge >= 0.3 is 23.5 Å². The molecule has 0 saturated carbocycles. The van der Waals surface area contributed by atoms with Crippen LogP contribution in [0, 0.1) is 10.1 Å². The molecule has 0 spiro atoms. The van der Waals surface area contributed by atoms with Crippen LogP contribution >= 0.6 is 0 Å². The van der Waals surface area contributed by atoms with Crippen LogP contribution in [0.5, 0.6) is 0 Å². The van der Waals surface area contributed by atoms with Crippen molar-refractivity contribution in [2.75, 3.05) is 13.2 Å². The maximum absolute atomic E-state index is 11.7. The summed E-state index contributed by atoms with van der Waals surface area (Å²) in [7, 11) is 1.47. The molecule has 0 radical (unpaired) electrons. The largest absolute Gasteiger partial charge is 0.466 e. The lowest BCUT2D eigenvalue weighted by Crippen LogP contribution is -2.28. The molecule has 19 heavy (non-hydrogen) atoms. The first-order valence-electron chi connectivity index (χ1n) is 5.57. The van der Waals surface area contributed by atoms with Gasteiger partial charge in [-0.3, -0.25) is 9.59 Å².